The van der Waals surface area contributed by atoms with E-state index >= 15 is 0 Å². The number of alkyl halides is 1. The number of benzene rings is 1. The van der Waals surface area contributed by atoms with Crippen LogP contribution in [0.25, 0.3) is 0 Å². The van der Waals surface area contributed by atoms with Gasteiger partial charge in [0, 0.05) is 5.92 Å². The lowest BCUT2D eigenvalue weighted by Gasteiger charge is -2.16. The van der Waals surface area contributed by atoms with Crippen LogP contribution in [-0.4, -0.2) is 4.87 Å². The minimum Gasteiger partial charge on any atom is -0.119 e. The molecule has 1 fully saturated rings. The quantitative estimate of drug-likeness (QED) is 0.545. The molecule has 0 aromatic heterocycles. The molecule has 1 aliphatic rings. The molecule has 1 aromatic carbocycles. The lowest BCUT2D eigenvalue weighted by atomic mass is 9.90. The van der Waals surface area contributed by atoms with E-state index in [0.29, 0.717) is 11.8 Å². The van der Waals surface area contributed by atoms with Crippen LogP contribution in [0.1, 0.15) is 69.1 Å². The van der Waals surface area contributed by atoms with Gasteiger partial charge in [-0.1, -0.05) is 68.9 Å². The van der Waals surface area contributed by atoms with Crippen molar-refractivity contribution in [2.45, 2.75) is 71.1 Å². The topological polar surface area (TPSA) is 0 Å². The maximum Gasteiger partial charge on any atom is 0.0527 e. The van der Waals surface area contributed by atoms with Crippen LogP contribution in [0.3, 0.4) is 0 Å². The van der Waals surface area contributed by atoms with Gasteiger partial charge in [0.1, 0.15) is 0 Å². The predicted octanol–water partition coefficient (Wildman–Crippen LogP) is 6.23. The van der Waals surface area contributed by atoms with E-state index < -0.39 is 0 Å². The molecule has 0 amide bonds. The third-order valence-electron chi connectivity index (χ3n) is 4.94. The van der Waals surface area contributed by atoms with Crippen LogP contribution in [0.5, 0.6) is 0 Å². The molecule has 0 nitrogen and oxygen atoms in total. The maximum atomic E-state index is 6.88. The Morgan fingerprint density at radius 3 is 2.00 bits per heavy atom. The molecule has 0 saturated heterocycles. The summed E-state index contributed by atoms with van der Waals surface area (Å²) in [5, 5.41) is 0. The average Bonchev–Trinajstić information content (AvgIpc) is 2.90. The number of halogens is 1. The summed E-state index contributed by atoms with van der Waals surface area (Å²) in [4.78, 5) is -0.0325. The van der Waals surface area contributed by atoms with Gasteiger partial charge in [0.05, 0.1) is 4.87 Å². The molecule has 1 saturated carbocycles. The van der Waals surface area contributed by atoms with E-state index in [4.69, 9.17) is 11.6 Å². The van der Waals surface area contributed by atoms with Crippen molar-refractivity contribution < 1.29 is 0 Å². The molecular weight excluding hydrogens is 264 g/mol. The van der Waals surface area contributed by atoms with Crippen molar-refractivity contribution in [2.24, 2.45) is 11.8 Å². The Bertz CT molecular complexity index is 435. The van der Waals surface area contributed by atoms with Crippen molar-refractivity contribution in [3.63, 3.8) is 0 Å². The fourth-order valence-corrected chi connectivity index (χ4v) is 4.72. The van der Waals surface area contributed by atoms with Crippen LogP contribution in [0.2, 0.25) is 0 Å². The summed E-state index contributed by atoms with van der Waals surface area (Å²) < 4.78 is 0. The Morgan fingerprint density at radius 1 is 1.05 bits per heavy atom. The molecule has 0 heterocycles. The van der Waals surface area contributed by atoms with Gasteiger partial charge in [-0.2, -0.15) is 0 Å². The Morgan fingerprint density at radius 2 is 1.55 bits per heavy atom. The van der Waals surface area contributed by atoms with Crippen molar-refractivity contribution in [2.75, 3.05) is 0 Å². The van der Waals surface area contributed by atoms with Gasteiger partial charge in [-0.3, -0.25) is 0 Å². The van der Waals surface area contributed by atoms with Gasteiger partial charge in [-0.25, -0.2) is 0 Å². The van der Waals surface area contributed by atoms with Crippen LogP contribution in [0.4, 0.5) is 0 Å². The highest BCUT2D eigenvalue weighted by atomic mass is 35.5. The maximum absolute atomic E-state index is 6.88. The monoisotopic (exact) mass is 292 g/mol. The second-order valence-corrected chi connectivity index (χ2v) is 7.73. The summed E-state index contributed by atoms with van der Waals surface area (Å²) in [7, 11) is 0. The van der Waals surface area contributed by atoms with Crippen molar-refractivity contribution in [1.29, 1.82) is 0 Å². The van der Waals surface area contributed by atoms with Crippen molar-refractivity contribution in [3.8, 4) is 0 Å². The summed E-state index contributed by atoms with van der Waals surface area (Å²) in [5.41, 5.74) is 4.18. The van der Waals surface area contributed by atoms with Crippen LogP contribution in [0.15, 0.2) is 18.2 Å². The molecule has 0 N–H and O–H groups in total. The van der Waals surface area contributed by atoms with E-state index in [-0.39, 0.29) is 4.87 Å². The van der Waals surface area contributed by atoms with E-state index in [0.717, 1.165) is 5.92 Å². The van der Waals surface area contributed by atoms with Gasteiger partial charge in [0.25, 0.3) is 0 Å². The molecule has 3 unspecified atom stereocenters. The third-order valence-corrected chi connectivity index (χ3v) is 5.43. The van der Waals surface area contributed by atoms with Gasteiger partial charge in [-0.15, -0.1) is 11.6 Å². The highest BCUT2D eigenvalue weighted by molar-refractivity contribution is 6.27. The molecule has 1 aliphatic carbocycles. The SMILES string of the molecule is CCCC(CCC)C1C(c2cc(C)cc(C)c2)C1(C)Cl. The molecule has 1 heteroatoms. The third kappa shape index (κ3) is 3.06. The van der Waals surface area contributed by atoms with Crippen LogP contribution in [0, 0.1) is 25.7 Å². The fourth-order valence-electron chi connectivity index (χ4n) is 4.21. The van der Waals surface area contributed by atoms with Gasteiger partial charge in [-0.05, 0) is 38.2 Å². The zero-order valence-electron chi connectivity index (χ0n) is 13.7. The second-order valence-electron chi connectivity index (χ2n) is 6.91. The highest BCUT2D eigenvalue weighted by Crippen LogP contribution is 2.66. The van der Waals surface area contributed by atoms with E-state index in [1.54, 1.807) is 0 Å². The normalized spacial score (nSPS) is 28.9. The van der Waals surface area contributed by atoms with E-state index in [1.807, 2.05) is 0 Å². The first-order valence-electron chi connectivity index (χ1n) is 8.18. The van der Waals surface area contributed by atoms with Gasteiger partial charge in [0.2, 0.25) is 0 Å². The molecule has 20 heavy (non-hydrogen) atoms. The number of hydrogen-bond acceptors (Lipinski definition) is 0. The summed E-state index contributed by atoms with van der Waals surface area (Å²) in [5.74, 6) is 1.99. The summed E-state index contributed by atoms with van der Waals surface area (Å²) >= 11 is 6.88. The molecule has 0 aliphatic heterocycles. The van der Waals surface area contributed by atoms with Gasteiger partial charge in [0.15, 0.2) is 0 Å². The van der Waals surface area contributed by atoms with Crippen LogP contribution in [-0.2, 0) is 0 Å². The average molecular weight is 293 g/mol. The Balaban J connectivity index is 2.24. The Kier molecular flexibility index (Phi) is 4.84. The first-order valence-corrected chi connectivity index (χ1v) is 8.56. The van der Waals surface area contributed by atoms with Crippen LogP contribution < -0.4 is 0 Å². The lowest BCUT2D eigenvalue weighted by Crippen LogP contribution is -2.08. The molecule has 0 bridgehead atoms. The number of rotatable bonds is 6. The highest BCUT2D eigenvalue weighted by Gasteiger charge is 2.62. The van der Waals surface area contributed by atoms with Crippen molar-refractivity contribution >= 4 is 11.6 Å². The smallest absolute Gasteiger partial charge is 0.0527 e. The standard InChI is InChI=1S/C19H29Cl/c1-6-8-15(9-7-2)17-18(19(17,5)20)16-11-13(3)10-14(4)12-16/h10-12,15,17-18H,6-9H2,1-5H3. The minimum absolute atomic E-state index is 0.0325. The number of aryl methyl sites for hydroxylation is 2. The van der Waals surface area contributed by atoms with E-state index in [2.05, 4.69) is 52.8 Å². The summed E-state index contributed by atoms with van der Waals surface area (Å²) in [6.07, 6.45) is 5.19. The van der Waals surface area contributed by atoms with Crippen molar-refractivity contribution in [3.05, 3.63) is 34.9 Å². The Labute approximate surface area is 129 Å². The van der Waals surface area contributed by atoms with Gasteiger partial charge < -0.3 is 0 Å². The second kappa shape index (κ2) is 6.10. The molecule has 0 spiro atoms. The summed E-state index contributed by atoms with van der Waals surface area (Å²) in [6.45, 7) is 11.2. The molecule has 112 valence electrons. The fraction of sp³-hybridized carbons (Fsp3) is 0.684. The molecule has 1 aromatic rings. The minimum atomic E-state index is -0.0325. The van der Waals surface area contributed by atoms with Crippen molar-refractivity contribution in [1.82, 2.24) is 0 Å². The molecule has 3 atom stereocenters. The first kappa shape index (κ1) is 15.9. The molecular formula is C19H29Cl. The summed E-state index contributed by atoms with van der Waals surface area (Å²) in [6, 6.07) is 6.93. The Hall–Kier alpha value is -0.490. The zero-order chi connectivity index (χ0) is 14.9. The largest absolute Gasteiger partial charge is 0.119 e. The molecule has 2 rings (SSSR count). The van der Waals surface area contributed by atoms with E-state index in [9.17, 15) is 0 Å². The zero-order valence-corrected chi connectivity index (χ0v) is 14.4. The van der Waals surface area contributed by atoms with Gasteiger partial charge >= 0.3 is 0 Å². The van der Waals surface area contributed by atoms with Crippen LogP contribution >= 0.6 is 11.6 Å². The molecule has 0 radical (unpaired) electrons. The predicted molar refractivity (Wildman–Crippen MR) is 89.7 cm³/mol. The first-order chi connectivity index (χ1) is 9.41. The number of hydrogen-bond donors (Lipinski definition) is 0. The van der Waals surface area contributed by atoms with E-state index in [1.165, 1.54) is 42.4 Å². The lowest BCUT2D eigenvalue weighted by molar-refractivity contribution is 0.375.